The molecule has 1 atom stereocenters. The Bertz CT molecular complexity index is 443. The Morgan fingerprint density at radius 3 is 3.06 bits per heavy atom. The third-order valence-electron chi connectivity index (χ3n) is 2.86. The molecule has 96 valence electrons. The summed E-state index contributed by atoms with van der Waals surface area (Å²) in [7, 11) is 0. The van der Waals surface area contributed by atoms with E-state index in [0.717, 1.165) is 24.3 Å². The van der Waals surface area contributed by atoms with E-state index in [9.17, 15) is 4.79 Å². The summed E-state index contributed by atoms with van der Waals surface area (Å²) in [6.07, 6.45) is 2.27. The van der Waals surface area contributed by atoms with E-state index < -0.39 is 5.97 Å². The summed E-state index contributed by atoms with van der Waals surface area (Å²) >= 11 is 0. The van der Waals surface area contributed by atoms with E-state index in [4.69, 9.17) is 9.84 Å². The van der Waals surface area contributed by atoms with Crippen molar-refractivity contribution in [1.29, 1.82) is 0 Å². The lowest BCUT2D eigenvalue weighted by Gasteiger charge is -2.11. The first-order valence-corrected chi connectivity index (χ1v) is 6.00. The number of fused-ring (bicyclic) bond motifs is 1. The highest BCUT2D eigenvalue weighted by molar-refractivity contribution is 5.80. The molecule has 1 unspecified atom stereocenters. The van der Waals surface area contributed by atoms with Crippen LogP contribution in [-0.4, -0.2) is 30.3 Å². The third kappa shape index (κ3) is 3.34. The minimum atomic E-state index is -0.904. The Hall–Kier alpha value is -1.81. The Morgan fingerprint density at radius 2 is 2.33 bits per heavy atom. The Balaban J connectivity index is 1.76. The van der Waals surface area contributed by atoms with Gasteiger partial charge >= 0.3 is 5.97 Å². The quantitative estimate of drug-likeness (QED) is 0.776. The number of nitrogens with one attached hydrogen (secondary N) is 1. The molecule has 0 fully saturated rings. The van der Waals surface area contributed by atoms with Crippen molar-refractivity contribution < 1.29 is 14.6 Å². The molecule has 2 rings (SSSR count). The minimum absolute atomic E-state index is 0.139. The van der Waals surface area contributed by atoms with E-state index in [1.54, 1.807) is 6.92 Å². The first kappa shape index (κ1) is 12.6. The monoisotopic (exact) mass is 247 g/mol. The smallest absolute Gasteiger partial charge is 0.328 e. The molecule has 0 spiro atoms. The molecule has 4 heteroatoms. The molecule has 0 aromatic heterocycles. The Kier molecular flexibility index (Phi) is 3.99. The molecule has 0 saturated carbocycles. The summed E-state index contributed by atoms with van der Waals surface area (Å²) in [4.78, 5) is 10.4. The maximum atomic E-state index is 10.4. The van der Waals surface area contributed by atoms with E-state index in [1.807, 2.05) is 18.2 Å². The van der Waals surface area contributed by atoms with E-state index in [-0.39, 0.29) is 6.10 Å². The normalized spacial score (nSPS) is 18.3. The van der Waals surface area contributed by atoms with Crippen molar-refractivity contribution in [2.45, 2.75) is 19.4 Å². The first-order chi connectivity index (χ1) is 8.65. The maximum absolute atomic E-state index is 10.4. The lowest BCUT2D eigenvalue weighted by Crippen LogP contribution is -2.31. The summed E-state index contributed by atoms with van der Waals surface area (Å²) in [5.41, 5.74) is 2.04. The number of rotatable bonds is 5. The van der Waals surface area contributed by atoms with Gasteiger partial charge in [-0.05, 0) is 18.6 Å². The number of aliphatic carboxylic acids is 1. The van der Waals surface area contributed by atoms with Crippen molar-refractivity contribution in [3.8, 4) is 5.75 Å². The molecule has 0 amide bonds. The number of para-hydroxylation sites is 1. The lowest BCUT2D eigenvalue weighted by atomic mass is 10.1. The van der Waals surface area contributed by atoms with Crippen LogP contribution in [0.1, 0.15) is 12.5 Å². The lowest BCUT2D eigenvalue weighted by molar-refractivity contribution is -0.131. The van der Waals surface area contributed by atoms with Gasteiger partial charge in [0.25, 0.3) is 0 Å². The van der Waals surface area contributed by atoms with Gasteiger partial charge in [0.05, 0.1) is 0 Å². The van der Waals surface area contributed by atoms with Crippen LogP contribution in [0.4, 0.5) is 0 Å². The van der Waals surface area contributed by atoms with Gasteiger partial charge in [0, 0.05) is 25.6 Å². The van der Waals surface area contributed by atoms with Gasteiger partial charge in [-0.25, -0.2) is 4.79 Å². The van der Waals surface area contributed by atoms with Crippen molar-refractivity contribution in [3.05, 3.63) is 41.5 Å². The second kappa shape index (κ2) is 5.69. The Labute approximate surface area is 106 Å². The largest absolute Gasteiger partial charge is 0.488 e. The number of ether oxygens (including phenoxy) is 1. The average Bonchev–Trinajstić information content (AvgIpc) is 2.70. The molecule has 1 aromatic carbocycles. The molecule has 0 bridgehead atoms. The standard InChI is InChI=1S/C14H17NO3/c1-10(6-14(16)17)8-15-9-12-7-11-4-2-3-5-13(11)18-12/h2-6,12,15H,7-9H2,1H3,(H,16,17)/b10-6-. The molecular formula is C14H17NO3. The summed E-state index contributed by atoms with van der Waals surface area (Å²) in [5, 5.41) is 11.8. The molecule has 18 heavy (non-hydrogen) atoms. The van der Waals surface area contributed by atoms with Crippen molar-refractivity contribution in [2.75, 3.05) is 13.1 Å². The second-order valence-corrected chi connectivity index (χ2v) is 4.51. The van der Waals surface area contributed by atoms with Crippen molar-refractivity contribution in [1.82, 2.24) is 5.32 Å². The zero-order valence-corrected chi connectivity index (χ0v) is 10.3. The molecule has 0 radical (unpaired) electrons. The highest BCUT2D eigenvalue weighted by Crippen LogP contribution is 2.27. The second-order valence-electron chi connectivity index (χ2n) is 4.51. The van der Waals surface area contributed by atoms with Crippen molar-refractivity contribution >= 4 is 5.97 Å². The molecule has 1 aliphatic rings. The number of hydrogen-bond acceptors (Lipinski definition) is 3. The average molecular weight is 247 g/mol. The van der Waals surface area contributed by atoms with Gasteiger partial charge in [-0.1, -0.05) is 23.8 Å². The molecule has 1 heterocycles. The van der Waals surface area contributed by atoms with Crippen molar-refractivity contribution in [2.24, 2.45) is 0 Å². The molecule has 0 saturated heterocycles. The fourth-order valence-corrected chi connectivity index (χ4v) is 2.06. The maximum Gasteiger partial charge on any atom is 0.328 e. The van der Waals surface area contributed by atoms with E-state index in [2.05, 4.69) is 11.4 Å². The molecule has 4 nitrogen and oxygen atoms in total. The fraction of sp³-hybridized carbons (Fsp3) is 0.357. The van der Waals surface area contributed by atoms with Gasteiger partial charge in [0.15, 0.2) is 0 Å². The highest BCUT2D eigenvalue weighted by Gasteiger charge is 2.21. The minimum Gasteiger partial charge on any atom is -0.488 e. The van der Waals surface area contributed by atoms with Crippen molar-refractivity contribution in [3.63, 3.8) is 0 Å². The van der Waals surface area contributed by atoms with Crippen LogP contribution in [0.25, 0.3) is 0 Å². The van der Waals surface area contributed by atoms with E-state index >= 15 is 0 Å². The van der Waals surface area contributed by atoms with E-state index in [0.29, 0.717) is 6.54 Å². The highest BCUT2D eigenvalue weighted by atomic mass is 16.5. The van der Waals surface area contributed by atoms with Gasteiger partial charge in [0.2, 0.25) is 0 Å². The molecule has 1 aliphatic heterocycles. The van der Waals surface area contributed by atoms with Crippen LogP contribution in [-0.2, 0) is 11.2 Å². The SMILES string of the molecule is C/C(=C/C(=O)O)CNCC1Cc2ccccc2O1. The number of carboxylic acids is 1. The predicted octanol–water partition coefficient (Wildman–Crippen LogP) is 1.61. The van der Waals surface area contributed by atoms with E-state index in [1.165, 1.54) is 11.6 Å². The number of hydrogen-bond donors (Lipinski definition) is 2. The molecular weight excluding hydrogens is 230 g/mol. The zero-order valence-electron chi connectivity index (χ0n) is 10.3. The topological polar surface area (TPSA) is 58.6 Å². The predicted molar refractivity (Wildman–Crippen MR) is 68.8 cm³/mol. The summed E-state index contributed by atoms with van der Waals surface area (Å²) in [5.74, 6) is 0.0564. The van der Waals surface area contributed by atoms with Crippen LogP contribution in [0.5, 0.6) is 5.75 Å². The molecule has 1 aromatic rings. The molecule has 2 N–H and O–H groups in total. The Morgan fingerprint density at radius 1 is 1.56 bits per heavy atom. The molecule has 0 aliphatic carbocycles. The number of benzene rings is 1. The van der Waals surface area contributed by atoms with Gasteiger partial charge < -0.3 is 15.2 Å². The van der Waals surface area contributed by atoms with Gasteiger partial charge in [-0.3, -0.25) is 0 Å². The van der Waals surface area contributed by atoms with Crippen LogP contribution < -0.4 is 10.1 Å². The third-order valence-corrected chi connectivity index (χ3v) is 2.86. The van der Waals surface area contributed by atoms with Crippen LogP contribution in [0.15, 0.2) is 35.9 Å². The zero-order chi connectivity index (χ0) is 13.0. The van der Waals surface area contributed by atoms with Crippen LogP contribution in [0.2, 0.25) is 0 Å². The van der Waals surface area contributed by atoms with Crippen LogP contribution >= 0.6 is 0 Å². The number of carboxylic acid groups (broad SMARTS) is 1. The van der Waals surface area contributed by atoms with Crippen LogP contribution in [0, 0.1) is 0 Å². The summed E-state index contributed by atoms with van der Waals surface area (Å²) in [6, 6.07) is 8.03. The number of carbonyl (C=O) groups is 1. The van der Waals surface area contributed by atoms with Gasteiger partial charge in [0.1, 0.15) is 11.9 Å². The first-order valence-electron chi connectivity index (χ1n) is 6.00. The summed E-state index contributed by atoms with van der Waals surface area (Å²) < 4.78 is 5.77. The fourth-order valence-electron chi connectivity index (χ4n) is 2.06. The van der Waals surface area contributed by atoms with Gasteiger partial charge in [-0.15, -0.1) is 0 Å². The van der Waals surface area contributed by atoms with Crippen LogP contribution in [0.3, 0.4) is 0 Å². The summed E-state index contributed by atoms with van der Waals surface area (Å²) in [6.45, 7) is 3.09. The van der Waals surface area contributed by atoms with Gasteiger partial charge in [-0.2, -0.15) is 0 Å².